The Morgan fingerprint density at radius 3 is 2.92 bits per heavy atom. The van der Waals surface area contributed by atoms with Gasteiger partial charge in [-0.3, -0.25) is 4.99 Å². The molecule has 134 valence electrons. The molecule has 0 spiro atoms. The van der Waals surface area contributed by atoms with Crippen LogP contribution in [-0.2, 0) is 11.3 Å². The van der Waals surface area contributed by atoms with Crippen LogP contribution in [-0.4, -0.2) is 45.8 Å². The Morgan fingerprint density at radius 2 is 2.25 bits per heavy atom. The smallest absolute Gasteiger partial charge is 0.255 e. The van der Waals surface area contributed by atoms with Crippen LogP contribution in [0.2, 0.25) is 0 Å². The number of nitrogens with one attached hydrogen (secondary N) is 2. The summed E-state index contributed by atoms with van der Waals surface area (Å²) in [6, 6.07) is 5.96. The largest absolute Gasteiger partial charge is 0.493 e. The molecule has 1 saturated heterocycles. The van der Waals surface area contributed by atoms with Gasteiger partial charge in [-0.15, -0.1) is 0 Å². The predicted octanol–water partition coefficient (Wildman–Crippen LogP) is 2.34. The summed E-state index contributed by atoms with van der Waals surface area (Å²) in [5.74, 6) is 1.57. The molecule has 1 aliphatic rings. The molecular formula is C17H25F2N3O2. The highest BCUT2D eigenvalue weighted by molar-refractivity contribution is 5.79. The number of guanidine groups is 1. The summed E-state index contributed by atoms with van der Waals surface area (Å²) in [4.78, 5) is 3.94. The molecule has 1 aromatic rings. The minimum Gasteiger partial charge on any atom is -0.493 e. The molecule has 2 N–H and O–H groups in total. The van der Waals surface area contributed by atoms with Crippen molar-refractivity contribution in [2.24, 2.45) is 10.9 Å². The molecule has 5 nitrogen and oxygen atoms in total. The number of hydrogen-bond donors (Lipinski definition) is 2. The third-order valence-corrected chi connectivity index (χ3v) is 3.81. The zero-order valence-corrected chi connectivity index (χ0v) is 14.1. The summed E-state index contributed by atoms with van der Waals surface area (Å²) >= 11 is 0. The first-order valence-electron chi connectivity index (χ1n) is 8.11. The SMILES string of the molecule is CN=C(NCc1ccc(C)cc1OCC1CCOC1)NCC(F)F. The van der Waals surface area contributed by atoms with Crippen molar-refractivity contribution < 1.29 is 18.3 Å². The molecule has 1 aromatic carbocycles. The number of rotatable bonds is 7. The van der Waals surface area contributed by atoms with E-state index in [1.54, 1.807) is 7.05 Å². The van der Waals surface area contributed by atoms with E-state index in [4.69, 9.17) is 9.47 Å². The topological polar surface area (TPSA) is 54.9 Å². The molecule has 0 aromatic heterocycles. The van der Waals surface area contributed by atoms with E-state index in [0.29, 0.717) is 25.0 Å². The number of nitrogens with zero attached hydrogens (tertiary/aromatic N) is 1. The van der Waals surface area contributed by atoms with Crippen molar-refractivity contribution in [3.8, 4) is 5.75 Å². The summed E-state index contributed by atoms with van der Waals surface area (Å²) in [6.07, 6.45) is -1.40. The fourth-order valence-electron chi connectivity index (χ4n) is 2.44. The Hall–Kier alpha value is -1.89. The second kappa shape index (κ2) is 9.42. The van der Waals surface area contributed by atoms with Crippen LogP contribution in [0.5, 0.6) is 5.75 Å². The Morgan fingerprint density at radius 1 is 1.42 bits per heavy atom. The van der Waals surface area contributed by atoms with Crippen LogP contribution in [0.15, 0.2) is 23.2 Å². The van der Waals surface area contributed by atoms with Gasteiger partial charge in [0.1, 0.15) is 5.75 Å². The lowest BCUT2D eigenvalue weighted by atomic mass is 10.1. The highest BCUT2D eigenvalue weighted by Gasteiger charge is 2.17. The number of hydrogen-bond acceptors (Lipinski definition) is 3. The van der Waals surface area contributed by atoms with Crippen LogP contribution in [0.1, 0.15) is 17.5 Å². The number of ether oxygens (including phenoxy) is 2. The van der Waals surface area contributed by atoms with E-state index in [1.807, 2.05) is 25.1 Å². The van der Waals surface area contributed by atoms with E-state index in [2.05, 4.69) is 15.6 Å². The molecular weight excluding hydrogens is 316 g/mol. The third-order valence-electron chi connectivity index (χ3n) is 3.81. The normalized spacial score (nSPS) is 18.0. The maximum Gasteiger partial charge on any atom is 0.255 e. The second-order valence-corrected chi connectivity index (χ2v) is 5.85. The Labute approximate surface area is 141 Å². The van der Waals surface area contributed by atoms with E-state index in [0.717, 1.165) is 36.5 Å². The van der Waals surface area contributed by atoms with Crippen LogP contribution >= 0.6 is 0 Å². The molecule has 24 heavy (non-hydrogen) atoms. The lowest BCUT2D eigenvalue weighted by molar-refractivity contribution is 0.152. The maximum absolute atomic E-state index is 12.3. The molecule has 0 amide bonds. The monoisotopic (exact) mass is 341 g/mol. The Balaban J connectivity index is 1.93. The minimum absolute atomic E-state index is 0.339. The first kappa shape index (κ1) is 18.4. The van der Waals surface area contributed by atoms with Crippen molar-refractivity contribution in [1.29, 1.82) is 0 Å². The van der Waals surface area contributed by atoms with Crippen molar-refractivity contribution in [2.75, 3.05) is 33.4 Å². The summed E-state index contributed by atoms with van der Waals surface area (Å²) in [5, 5.41) is 5.61. The van der Waals surface area contributed by atoms with Gasteiger partial charge in [0, 0.05) is 31.7 Å². The number of aliphatic imine (C=N–C) groups is 1. The molecule has 7 heteroatoms. The number of alkyl halides is 2. The first-order valence-corrected chi connectivity index (χ1v) is 8.11. The third kappa shape index (κ3) is 5.96. The summed E-state index contributed by atoms with van der Waals surface area (Å²) in [5.41, 5.74) is 2.07. The maximum atomic E-state index is 12.3. The lowest BCUT2D eigenvalue weighted by Gasteiger charge is -2.16. The summed E-state index contributed by atoms with van der Waals surface area (Å²) in [7, 11) is 1.55. The molecule has 0 saturated carbocycles. The van der Waals surface area contributed by atoms with Gasteiger partial charge in [-0.25, -0.2) is 8.78 Å². The van der Waals surface area contributed by atoms with Gasteiger partial charge in [0.05, 0.1) is 19.8 Å². The van der Waals surface area contributed by atoms with Crippen LogP contribution in [0.25, 0.3) is 0 Å². The van der Waals surface area contributed by atoms with E-state index < -0.39 is 13.0 Å². The highest BCUT2D eigenvalue weighted by atomic mass is 19.3. The van der Waals surface area contributed by atoms with Crippen molar-refractivity contribution in [3.05, 3.63) is 29.3 Å². The van der Waals surface area contributed by atoms with Gasteiger partial charge in [0.15, 0.2) is 5.96 Å². The Kier molecular flexibility index (Phi) is 7.24. The van der Waals surface area contributed by atoms with Gasteiger partial charge in [-0.05, 0) is 25.0 Å². The molecule has 1 atom stereocenters. The number of aryl methyl sites for hydroxylation is 1. The molecule has 2 rings (SSSR count). The van der Waals surface area contributed by atoms with E-state index >= 15 is 0 Å². The molecule has 1 fully saturated rings. The highest BCUT2D eigenvalue weighted by Crippen LogP contribution is 2.22. The molecule has 1 unspecified atom stereocenters. The standard InChI is InChI=1S/C17H25F2N3O2/c1-12-3-4-14(8-21-17(20-2)22-9-16(18)19)15(7-12)24-11-13-5-6-23-10-13/h3-4,7,13,16H,5-6,8-11H2,1-2H3,(H2,20,21,22). The molecule has 0 radical (unpaired) electrons. The fraction of sp³-hybridized carbons (Fsp3) is 0.588. The average Bonchev–Trinajstić information content (AvgIpc) is 3.07. The summed E-state index contributed by atoms with van der Waals surface area (Å²) < 4.78 is 35.9. The van der Waals surface area contributed by atoms with Crippen molar-refractivity contribution >= 4 is 5.96 Å². The second-order valence-electron chi connectivity index (χ2n) is 5.85. The van der Waals surface area contributed by atoms with E-state index in [9.17, 15) is 8.78 Å². The van der Waals surface area contributed by atoms with Crippen molar-refractivity contribution in [2.45, 2.75) is 26.3 Å². The minimum atomic E-state index is -2.42. The van der Waals surface area contributed by atoms with E-state index in [1.165, 1.54) is 0 Å². The lowest BCUT2D eigenvalue weighted by Crippen LogP contribution is -2.39. The van der Waals surface area contributed by atoms with Gasteiger partial charge in [0.2, 0.25) is 0 Å². The molecule has 0 aliphatic carbocycles. The van der Waals surface area contributed by atoms with Gasteiger partial charge in [0.25, 0.3) is 6.43 Å². The first-order chi connectivity index (χ1) is 11.6. The molecule has 1 aliphatic heterocycles. The number of benzene rings is 1. The van der Waals surface area contributed by atoms with Gasteiger partial charge >= 0.3 is 0 Å². The number of halogens is 2. The quantitative estimate of drug-likeness (QED) is 0.590. The van der Waals surface area contributed by atoms with Crippen LogP contribution < -0.4 is 15.4 Å². The molecule has 0 bridgehead atoms. The zero-order chi connectivity index (χ0) is 17.4. The van der Waals surface area contributed by atoms with Crippen LogP contribution in [0.4, 0.5) is 8.78 Å². The summed E-state index contributed by atoms with van der Waals surface area (Å²) in [6.45, 7) is 4.17. The van der Waals surface area contributed by atoms with Crippen molar-refractivity contribution in [3.63, 3.8) is 0 Å². The molecule has 1 heterocycles. The van der Waals surface area contributed by atoms with Crippen LogP contribution in [0.3, 0.4) is 0 Å². The van der Waals surface area contributed by atoms with Gasteiger partial charge < -0.3 is 20.1 Å². The van der Waals surface area contributed by atoms with Crippen molar-refractivity contribution in [1.82, 2.24) is 10.6 Å². The van der Waals surface area contributed by atoms with Crippen LogP contribution in [0, 0.1) is 12.8 Å². The zero-order valence-electron chi connectivity index (χ0n) is 14.1. The van der Waals surface area contributed by atoms with E-state index in [-0.39, 0.29) is 0 Å². The van der Waals surface area contributed by atoms with Gasteiger partial charge in [-0.2, -0.15) is 0 Å². The van der Waals surface area contributed by atoms with Gasteiger partial charge in [-0.1, -0.05) is 12.1 Å². The fourth-order valence-corrected chi connectivity index (χ4v) is 2.44. The predicted molar refractivity (Wildman–Crippen MR) is 89.8 cm³/mol. The average molecular weight is 341 g/mol. The Bertz CT molecular complexity index is 547.